The van der Waals surface area contributed by atoms with Crippen LogP contribution in [0, 0.1) is 5.92 Å². The number of rotatable bonds is 4. The van der Waals surface area contributed by atoms with Crippen LogP contribution in [0.5, 0.6) is 0 Å². The second-order valence-electron chi connectivity index (χ2n) is 5.14. The van der Waals surface area contributed by atoms with Crippen LogP contribution in [-0.2, 0) is 9.53 Å². The molecule has 0 aliphatic carbocycles. The van der Waals surface area contributed by atoms with Gasteiger partial charge in [0.2, 0.25) is 5.91 Å². The first-order valence-electron chi connectivity index (χ1n) is 6.80. The van der Waals surface area contributed by atoms with Crippen molar-refractivity contribution in [3.8, 4) is 0 Å². The predicted molar refractivity (Wildman–Crippen MR) is 74.6 cm³/mol. The molecule has 1 saturated heterocycles. The highest BCUT2D eigenvalue weighted by atomic mass is 16.5. The standard InChI is InChI=1S/C15H22N2O2/c1-19-11-12-6-5-9-17(10-12)15(18)14(16)13-7-3-2-4-8-13/h2-4,7-8,12,14H,5-6,9-11,16H2,1H3/t12?,14-/m1/s1. The number of carbonyl (C=O) groups excluding carboxylic acids is 1. The van der Waals surface area contributed by atoms with Crippen molar-refractivity contribution in [2.24, 2.45) is 11.7 Å². The number of amides is 1. The van der Waals surface area contributed by atoms with Gasteiger partial charge >= 0.3 is 0 Å². The number of nitrogens with two attached hydrogens (primary N) is 1. The number of carbonyl (C=O) groups is 1. The lowest BCUT2D eigenvalue weighted by Crippen LogP contribution is -2.45. The summed E-state index contributed by atoms with van der Waals surface area (Å²) >= 11 is 0. The summed E-state index contributed by atoms with van der Waals surface area (Å²) in [4.78, 5) is 14.3. The van der Waals surface area contributed by atoms with Crippen molar-refractivity contribution in [2.75, 3.05) is 26.8 Å². The lowest BCUT2D eigenvalue weighted by atomic mass is 9.97. The molecule has 0 saturated carbocycles. The third kappa shape index (κ3) is 3.55. The van der Waals surface area contributed by atoms with E-state index in [2.05, 4.69) is 0 Å². The molecule has 104 valence electrons. The first kappa shape index (κ1) is 14.0. The van der Waals surface area contributed by atoms with E-state index in [0.29, 0.717) is 12.5 Å². The number of ether oxygens (including phenoxy) is 1. The zero-order valence-electron chi connectivity index (χ0n) is 11.4. The molecule has 2 atom stereocenters. The van der Waals surface area contributed by atoms with Crippen molar-refractivity contribution in [3.63, 3.8) is 0 Å². The molecule has 4 heteroatoms. The third-order valence-corrected chi connectivity index (χ3v) is 3.66. The first-order chi connectivity index (χ1) is 9.22. The van der Waals surface area contributed by atoms with E-state index in [1.54, 1.807) is 7.11 Å². The molecule has 2 rings (SSSR count). The van der Waals surface area contributed by atoms with Crippen molar-refractivity contribution >= 4 is 5.91 Å². The van der Waals surface area contributed by atoms with Gasteiger partial charge in [0, 0.05) is 20.2 Å². The molecule has 2 N–H and O–H groups in total. The lowest BCUT2D eigenvalue weighted by Gasteiger charge is -2.34. The zero-order valence-corrected chi connectivity index (χ0v) is 11.4. The predicted octanol–water partition coefficient (Wildman–Crippen LogP) is 1.57. The maximum Gasteiger partial charge on any atom is 0.244 e. The number of benzene rings is 1. The van der Waals surface area contributed by atoms with Crippen LogP contribution in [-0.4, -0.2) is 37.6 Å². The Labute approximate surface area is 114 Å². The van der Waals surface area contributed by atoms with Crippen LogP contribution in [0.2, 0.25) is 0 Å². The Bertz CT molecular complexity index is 406. The zero-order chi connectivity index (χ0) is 13.7. The van der Waals surface area contributed by atoms with E-state index in [1.165, 1.54) is 0 Å². The van der Waals surface area contributed by atoms with Crippen LogP contribution in [0.25, 0.3) is 0 Å². The van der Waals surface area contributed by atoms with Gasteiger partial charge in [0.25, 0.3) is 0 Å². The van der Waals surface area contributed by atoms with Crippen molar-refractivity contribution < 1.29 is 9.53 Å². The van der Waals surface area contributed by atoms with Crippen molar-refractivity contribution in [1.29, 1.82) is 0 Å². The quantitative estimate of drug-likeness (QED) is 0.896. The van der Waals surface area contributed by atoms with Crippen LogP contribution in [0.4, 0.5) is 0 Å². The highest BCUT2D eigenvalue weighted by molar-refractivity contribution is 5.83. The van der Waals surface area contributed by atoms with Crippen LogP contribution < -0.4 is 5.73 Å². The molecule has 1 aliphatic heterocycles. The van der Waals surface area contributed by atoms with Gasteiger partial charge in [-0.1, -0.05) is 30.3 Å². The molecule has 0 radical (unpaired) electrons. The average Bonchev–Trinajstić information content (AvgIpc) is 2.47. The van der Waals surface area contributed by atoms with Crippen molar-refractivity contribution in [2.45, 2.75) is 18.9 Å². The van der Waals surface area contributed by atoms with Gasteiger partial charge in [0.05, 0.1) is 6.61 Å². The normalized spacial score (nSPS) is 21.2. The van der Waals surface area contributed by atoms with Crippen LogP contribution in [0.15, 0.2) is 30.3 Å². The van der Waals surface area contributed by atoms with E-state index in [4.69, 9.17) is 10.5 Å². The van der Waals surface area contributed by atoms with Gasteiger partial charge in [-0.2, -0.15) is 0 Å². The minimum Gasteiger partial charge on any atom is -0.384 e. The van der Waals surface area contributed by atoms with Crippen molar-refractivity contribution in [1.82, 2.24) is 4.90 Å². The number of piperidine rings is 1. The summed E-state index contributed by atoms with van der Waals surface area (Å²) < 4.78 is 5.19. The van der Waals surface area contributed by atoms with Gasteiger partial charge in [0.15, 0.2) is 0 Å². The molecule has 0 bridgehead atoms. The monoisotopic (exact) mass is 262 g/mol. The summed E-state index contributed by atoms with van der Waals surface area (Å²) in [5.74, 6) is 0.456. The largest absolute Gasteiger partial charge is 0.384 e. The molecule has 1 aliphatic rings. The summed E-state index contributed by atoms with van der Waals surface area (Å²) in [6.07, 6.45) is 2.15. The number of methoxy groups -OCH3 is 1. The molecule has 1 aromatic rings. The van der Waals surface area contributed by atoms with E-state index < -0.39 is 6.04 Å². The Kier molecular flexibility index (Phi) is 4.93. The van der Waals surface area contributed by atoms with Crippen LogP contribution in [0.3, 0.4) is 0 Å². The number of hydrogen-bond donors (Lipinski definition) is 1. The number of nitrogens with zero attached hydrogens (tertiary/aromatic N) is 1. The van der Waals surface area contributed by atoms with Gasteiger partial charge in [-0.3, -0.25) is 4.79 Å². The maximum absolute atomic E-state index is 12.4. The molecule has 0 aromatic heterocycles. The molecule has 0 spiro atoms. The molecule has 4 nitrogen and oxygen atoms in total. The fourth-order valence-electron chi connectivity index (χ4n) is 2.64. The lowest BCUT2D eigenvalue weighted by molar-refractivity contribution is -0.135. The van der Waals surface area contributed by atoms with Crippen LogP contribution >= 0.6 is 0 Å². The molecular weight excluding hydrogens is 240 g/mol. The summed E-state index contributed by atoms with van der Waals surface area (Å²) in [7, 11) is 1.70. The number of likely N-dealkylation sites (tertiary alicyclic amines) is 1. The van der Waals surface area contributed by atoms with E-state index >= 15 is 0 Å². The molecule has 1 unspecified atom stereocenters. The maximum atomic E-state index is 12.4. The fourth-order valence-corrected chi connectivity index (χ4v) is 2.64. The number of hydrogen-bond acceptors (Lipinski definition) is 3. The van der Waals surface area contributed by atoms with E-state index in [1.807, 2.05) is 35.2 Å². The average molecular weight is 262 g/mol. The third-order valence-electron chi connectivity index (χ3n) is 3.66. The summed E-state index contributed by atoms with van der Waals surface area (Å²) in [5.41, 5.74) is 6.94. The Balaban J connectivity index is 1.99. The van der Waals surface area contributed by atoms with Gasteiger partial charge < -0.3 is 15.4 Å². The van der Waals surface area contributed by atoms with Gasteiger partial charge in [-0.05, 0) is 24.3 Å². The first-order valence-corrected chi connectivity index (χ1v) is 6.80. The summed E-state index contributed by atoms with van der Waals surface area (Å²) in [6.45, 7) is 2.27. The highest BCUT2D eigenvalue weighted by Gasteiger charge is 2.27. The van der Waals surface area contributed by atoms with Crippen molar-refractivity contribution in [3.05, 3.63) is 35.9 Å². The van der Waals surface area contributed by atoms with E-state index in [-0.39, 0.29) is 5.91 Å². The minimum absolute atomic E-state index is 0.0204. The summed E-state index contributed by atoms with van der Waals surface area (Å²) in [6, 6.07) is 9.00. The Hall–Kier alpha value is -1.39. The smallest absolute Gasteiger partial charge is 0.244 e. The minimum atomic E-state index is -0.553. The molecule has 1 heterocycles. The van der Waals surface area contributed by atoms with E-state index in [9.17, 15) is 4.79 Å². The molecule has 1 fully saturated rings. The second-order valence-corrected chi connectivity index (χ2v) is 5.14. The second kappa shape index (κ2) is 6.68. The molecule has 19 heavy (non-hydrogen) atoms. The van der Waals surface area contributed by atoms with Gasteiger partial charge in [-0.25, -0.2) is 0 Å². The highest BCUT2D eigenvalue weighted by Crippen LogP contribution is 2.20. The molecule has 1 amide bonds. The fraction of sp³-hybridized carbons (Fsp3) is 0.533. The Morgan fingerprint density at radius 1 is 1.47 bits per heavy atom. The van der Waals surface area contributed by atoms with Crippen LogP contribution in [0.1, 0.15) is 24.4 Å². The van der Waals surface area contributed by atoms with Gasteiger partial charge in [-0.15, -0.1) is 0 Å². The van der Waals surface area contributed by atoms with Gasteiger partial charge in [0.1, 0.15) is 6.04 Å². The molecular formula is C15H22N2O2. The SMILES string of the molecule is COCC1CCCN(C(=O)[C@H](N)c2ccccc2)C1. The topological polar surface area (TPSA) is 55.6 Å². The van der Waals surface area contributed by atoms with E-state index in [0.717, 1.165) is 31.5 Å². The molecule has 1 aromatic carbocycles. The Morgan fingerprint density at radius 2 is 2.21 bits per heavy atom. The Morgan fingerprint density at radius 3 is 2.89 bits per heavy atom. The summed E-state index contributed by atoms with van der Waals surface area (Å²) in [5, 5.41) is 0.